The molecule has 1 aromatic rings. The molecule has 0 bridgehead atoms. The lowest BCUT2D eigenvalue weighted by molar-refractivity contribution is -0.306. The van der Waals surface area contributed by atoms with Crippen LogP contribution in [0, 0.1) is 5.92 Å². The monoisotopic (exact) mass is 336 g/mol. The minimum absolute atomic E-state index is 0.109. The highest BCUT2D eigenvalue weighted by Crippen LogP contribution is 2.27. The highest BCUT2D eigenvalue weighted by molar-refractivity contribution is 6.30. The van der Waals surface area contributed by atoms with Gasteiger partial charge in [-0.2, -0.15) is 0 Å². The third kappa shape index (κ3) is 6.22. The Bertz CT molecular complexity index is 541. The molecule has 1 saturated carbocycles. The Kier molecular flexibility index (Phi) is 6.90. The molecule has 1 amide bonds. The number of amides is 1. The Morgan fingerprint density at radius 2 is 2.00 bits per heavy atom. The zero-order valence-corrected chi connectivity index (χ0v) is 14.0. The van der Waals surface area contributed by atoms with Crippen LogP contribution in [0.3, 0.4) is 0 Å². The van der Waals surface area contributed by atoms with Crippen molar-refractivity contribution in [3.05, 3.63) is 34.9 Å². The van der Waals surface area contributed by atoms with Crippen molar-refractivity contribution in [1.29, 1.82) is 0 Å². The minimum Gasteiger partial charge on any atom is -0.550 e. The number of hydrogen-bond donors (Lipinski definition) is 1. The summed E-state index contributed by atoms with van der Waals surface area (Å²) in [6.45, 7) is 0. The van der Waals surface area contributed by atoms with E-state index in [2.05, 4.69) is 5.32 Å². The summed E-state index contributed by atoms with van der Waals surface area (Å²) >= 11 is 5.95. The van der Waals surface area contributed by atoms with Gasteiger partial charge in [0.1, 0.15) is 0 Å². The molecule has 0 saturated heterocycles. The van der Waals surface area contributed by atoms with Crippen LogP contribution in [0.15, 0.2) is 24.3 Å². The first-order chi connectivity index (χ1) is 11.0. The molecule has 4 nitrogen and oxygen atoms in total. The molecule has 1 fully saturated rings. The molecule has 1 aromatic carbocycles. The summed E-state index contributed by atoms with van der Waals surface area (Å²) in [7, 11) is 0. The van der Waals surface area contributed by atoms with Crippen LogP contribution in [-0.2, 0) is 9.59 Å². The van der Waals surface area contributed by atoms with Crippen molar-refractivity contribution in [2.24, 2.45) is 5.92 Å². The Hall–Kier alpha value is -1.55. The van der Waals surface area contributed by atoms with Gasteiger partial charge in [0.15, 0.2) is 0 Å². The van der Waals surface area contributed by atoms with E-state index < -0.39 is 12.0 Å². The van der Waals surface area contributed by atoms with Gasteiger partial charge in [-0.25, -0.2) is 0 Å². The number of aliphatic carboxylic acids is 1. The van der Waals surface area contributed by atoms with Crippen molar-refractivity contribution >= 4 is 23.5 Å². The second kappa shape index (κ2) is 8.92. The normalized spacial score (nSPS) is 16.7. The first-order valence-electron chi connectivity index (χ1n) is 8.29. The predicted molar refractivity (Wildman–Crippen MR) is 87.8 cm³/mol. The number of nitrogens with one attached hydrogen (secondary N) is 1. The van der Waals surface area contributed by atoms with Gasteiger partial charge < -0.3 is 15.2 Å². The smallest absolute Gasteiger partial charge is 0.220 e. The Labute approximate surface area is 142 Å². The second-order valence-electron chi connectivity index (χ2n) is 6.29. The number of carbonyl (C=O) groups excluding carboxylic acids is 2. The molecule has 0 radical (unpaired) electrons. The zero-order chi connectivity index (χ0) is 16.7. The zero-order valence-electron chi connectivity index (χ0n) is 13.2. The number of rotatable bonds is 7. The van der Waals surface area contributed by atoms with Crippen LogP contribution < -0.4 is 10.4 Å². The number of carboxylic acid groups (broad SMARTS) is 1. The Balaban J connectivity index is 1.91. The van der Waals surface area contributed by atoms with E-state index in [1.165, 1.54) is 32.1 Å². The van der Waals surface area contributed by atoms with Crippen LogP contribution in [0.5, 0.6) is 0 Å². The molecular weight excluding hydrogens is 314 g/mol. The Morgan fingerprint density at radius 3 is 2.65 bits per heavy atom. The fourth-order valence-corrected chi connectivity index (χ4v) is 3.42. The average Bonchev–Trinajstić information content (AvgIpc) is 2.53. The molecule has 0 aromatic heterocycles. The lowest BCUT2D eigenvalue weighted by Gasteiger charge is -2.23. The van der Waals surface area contributed by atoms with Crippen molar-refractivity contribution in [3.8, 4) is 0 Å². The van der Waals surface area contributed by atoms with E-state index in [0.29, 0.717) is 22.9 Å². The van der Waals surface area contributed by atoms with Gasteiger partial charge in [0.05, 0.1) is 6.04 Å². The molecule has 2 rings (SSSR count). The van der Waals surface area contributed by atoms with Crippen LogP contribution in [0.25, 0.3) is 0 Å². The number of hydrogen-bond acceptors (Lipinski definition) is 3. The van der Waals surface area contributed by atoms with Gasteiger partial charge in [-0.1, -0.05) is 55.8 Å². The molecule has 0 aliphatic heterocycles. The van der Waals surface area contributed by atoms with Crippen LogP contribution in [-0.4, -0.2) is 11.9 Å². The van der Waals surface area contributed by atoms with Crippen molar-refractivity contribution < 1.29 is 14.7 Å². The van der Waals surface area contributed by atoms with E-state index in [4.69, 9.17) is 11.6 Å². The summed E-state index contributed by atoms with van der Waals surface area (Å²) in [4.78, 5) is 23.1. The number of benzene rings is 1. The number of carboxylic acids is 1. The molecule has 1 aliphatic rings. The summed E-state index contributed by atoms with van der Waals surface area (Å²) < 4.78 is 0. The largest absolute Gasteiger partial charge is 0.550 e. The number of halogens is 1. The molecule has 1 aliphatic carbocycles. The fourth-order valence-electron chi connectivity index (χ4n) is 3.22. The summed E-state index contributed by atoms with van der Waals surface area (Å²) in [5.41, 5.74) is 0.688. The van der Waals surface area contributed by atoms with Gasteiger partial charge in [0.2, 0.25) is 5.91 Å². The summed E-state index contributed by atoms with van der Waals surface area (Å²) in [6, 6.07) is 6.30. The van der Waals surface area contributed by atoms with E-state index in [-0.39, 0.29) is 12.3 Å². The quantitative estimate of drug-likeness (QED) is 0.832. The third-order valence-electron chi connectivity index (χ3n) is 4.46. The minimum atomic E-state index is -1.19. The van der Waals surface area contributed by atoms with Crippen LogP contribution >= 0.6 is 11.6 Å². The second-order valence-corrected chi connectivity index (χ2v) is 6.73. The van der Waals surface area contributed by atoms with E-state index in [1.807, 2.05) is 0 Å². The van der Waals surface area contributed by atoms with Crippen molar-refractivity contribution in [3.63, 3.8) is 0 Å². The molecule has 126 valence electrons. The SMILES string of the molecule is O=C([O-])C[C@@H](NC(=O)CCC1CCCCC1)c1cccc(Cl)c1. The van der Waals surface area contributed by atoms with Crippen molar-refractivity contribution in [2.45, 2.75) is 57.4 Å². The third-order valence-corrected chi connectivity index (χ3v) is 4.70. The average molecular weight is 337 g/mol. The van der Waals surface area contributed by atoms with Gasteiger partial charge in [-0.05, 0) is 30.0 Å². The molecular formula is C18H23ClNO3-. The van der Waals surface area contributed by atoms with Crippen LogP contribution in [0.2, 0.25) is 5.02 Å². The molecule has 5 heteroatoms. The molecule has 1 atom stereocenters. The van der Waals surface area contributed by atoms with E-state index in [9.17, 15) is 14.7 Å². The van der Waals surface area contributed by atoms with Gasteiger partial charge in [-0.3, -0.25) is 4.79 Å². The van der Waals surface area contributed by atoms with Crippen molar-refractivity contribution in [2.75, 3.05) is 0 Å². The molecule has 0 heterocycles. The summed E-state index contributed by atoms with van der Waals surface area (Å²) in [5, 5.41) is 14.3. The predicted octanol–water partition coefficient (Wildman–Crippen LogP) is 3.00. The van der Waals surface area contributed by atoms with Gasteiger partial charge >= 0.3 is 0 Å². The first-order valence-corrected chi connectivity index (χ1v) is 8.67. The number of carbonyl (C=O) groups is 2. The molecule has 0 unspecified atom stereocenters. The van der Waals surface area contributed by atoms with E-state index in [1.54, 1.807) is 24.3 Å². The summed E-state index contributed by atoms with van der Waals surface area (Å²) in [6.07, 6.45) is 7.26. The topological polar surface area (TPSA) is 69.2 Å². The van der Waals surface area contributed by atoms with Crippen LogP contribution in [0.1, 0.15) is 63.0 Å². The molecule has 0 spiro atoms. The maximum atomic E-state index is 12.2. The highest BCUT2D eigenvalue weighted by atomic mass is 35.5. The lowest BCUT2D eigenvalue weighted by Crippen LogP contribution is -2.34. The van der Waals surface area contributed by atoms with Crippen LogP contribution in [0.4, 0.5) is 0 Å². The summed E-state index contributed by atoms with van der Waals surface area (Å²) in [5.74, 6) is -0.676. The van der Waals surface area contributed by atoms with Gasteiger partial charge in [0.25, 0.3) is 0 Å². The van der Waals surface area contributed by atoms with Gasteiger partial charge in [0, 0.05) is 23.8 Å². The van der Waals surface area contributed by atoms with Gasteiger partial charge in [-0.15, -0.1) is 0 Å². The van der Waals surface area contributed by atoms with E-state index >= 15 is 0 Å². The molecule has 23 heavy (non-hydrogen) atoms. The molecule has 1 N–H and O–H groups in total. The lowest BCUT2D eigenvalue weighted by atomic mass is 9.86. The first kappa shape index (κ1) is 17.8. The van der Waals surface area contributed by atoms with E-state index in [0.717, 1.165) is 6.42 Å². The highest BCUT2D eigenvalue weighted by Gasteiger charge is 2.18. The fraction of sp³-hybridized carbons (Fsp3) is 0.556. The van der Waals surface area contributed by atoms with Crippen molar-refractivity contribution in [1.82, 2.24) is 5.32 Å². The maximum absolute atomic E-state index is 12.2. The Morgan fingerprint density at radius 1 is 1.26 bits per heavy atom. The standard InChI is InChI=1S/C18H24ClNO3/c19-15-8-4-7-14(11-15)16(12-18(22)23)20-17(21)10-9-13-5-2-1-3-6-13/h4,7-8,11,13,16H,1-3,5-6,9-10,12H2,(H,20,21)(H,22,23)/p-1/t16-/m1/s1. The maximum Gasteiger partial charge on any atom is 0.220 e.